The summed E-state index contributed by atoms with van der Waals surface area (Å²) in [4.78, 5) is 0. The molecule has 0 saturated carbocycles. The van der Waals surface area contributed by atoms with E-state index in [0.29, 0.717) is 5.25 Å². The highest BCUT2D eigenvalue weighted by Gasteiger charge is 2.29. The average Bonchev–Trinajstić information content (AvgIpc) is 2.12. The third-order valence-corrected chi connectivity index (χ3v) is 3.40. The summed E-state index contributed by atoms with van der Waals surface area (Å²) in [7, 11) is 0. The van der Waals surface area contributed by atoms with Crippen molar-refractivity contribution in [2.75, 3.05) is 0 Å². The zero-order valence-electron chi connectivity index (χ0n) is 10.8. The van der Waals surface area contributed by atoms with Gasteiger partial charge in [-0.05, 0) is 46.4 Å². The first-order chi connectivity index (χ1) is 6.81. The minimum absolute atomic E-state index is 0.165. The Kier molecular flexibility index (Phi) is 6.57. The molecule has 0 spiro atoms. The van der Waals surface area contributed by atoms with Crippen molar-refractivity contribution >= 4 is 11.8 Å². The van der Waals surface area contributed by atoms with Gasteiger partial charge in [0.15, 0.2) is 0 Å². The molecule has 1 unspecified atom stereocenters. The van der Waals surface area contributed by atoms with E-state index in [9.17, 15) is 5.21 Å². The van der Waals surface area contributed by atoms with E-state index in [4.69, 9.17) is 0 Å². The van der Waals surface area contributed by atoms with Crippen LogP contribution in [-0.4, -0.2) is 27.1 Å². The van der Waals surface area contributed by atoms with Crippen molar-refractivity contribution in [3.63, 3.8) is 0 Å². The van der Waals surface area contributed by atoms with Gasteiger partial charge in [-0.3, -0.25) is 0 Å². The topological polar surface area (TPSA) is 23.5 Å². The number of hydroxylamine groups is 2. The molecule has 0 bridgehead atoms. The first-order valence-corrected chi connectivity index (χ1v) is 6.50. The summed E-state index contributed by atoms with van der Waals surface area (Å²) in [5.41, 5.74) is -0.165. The Morgan fingerprint density at radius 2 is 1.87 bits per heavy atom. The number of hydrogen-bond acceptors (Lipinski definition) is 3. The third kappa shape index (κ3) is 5.59. The van der Waals surface area contributed by atoms with E-state index < -0.39 is 0 Å². The predicted molar refractivity (Wildman–Crippen MR) is 69.3 cm³/mol. The van der Waals surface area contributed by atoms with Gasteiger partial charge in [-0.15, -0.1) is 11.8 Å². The molecule has 0 radical (unpaired) electrons. The number of rotatable bonds is 6. The number of thioether (sulfide) groups is 1. The molecule has 3 heteroatoms. The molecule has 0 aliphatic heterocycles. The first kappa shape index (κ1) is 15.0. The number of nitrogens with zero attached hydrogens (tertiary/aromatic N) is 1. The average molecular weight is 231 g/mol. The summed E-state index contributed by atoms with van der Waals surface area (Å²) in [5, 5.41) is 14.0. The van der Waals surface area contributed by atoms with Crippen LogP contribution in [0.3, 0.4) is 0 Å². The molecule has 90 valence electrons. The second-order valence-corrected chi connectivity index (χ2v) is 6.22. The Bertz CT molecular complexity index is 202. The van der Waals surface area contributed by atoms with Crippen molar-refractivity contribution in [3.8, 4) is 0 Å². The molecular weight excluding hydrogens is 206 g/mol. The summed E-state index contributed by atoms with van der Waals surface area (Å²) >= 11 is 1.81. The summed E-state index contributed by atoms with van der Waals surface area (Å²) in [5.74, 6) is 0. The Balaban J connectivity index is 4.23. The van der Waals surface area contributed by atoms with Crippen LogP contribution in [0.25, 0.3) is 0 Å². The smallest absolute Gasteiger partial charge is 0.0417 e. The van der Waals surface area contributed by atoms with Crippen LogP contribution in [0.15, 0.2) is 11.5 Å². The first-order valence-electron chi connectivity index (χ1n) is 5.56. The van der Waals surface area contributed by atoms with Gasteiger partial charge in [-0.2, -0.15) is 5.06 Å². The second-order valence-electron chi connectivity index (χ2n) is 4.87. The molecule has 15 heavy (non-hydrogen) atoms. The molecule has 2 nitrogen and oxygen atoms in total. The lowest BCUT2D eigenvalue weighted by atomic mass is 9.97. The lowest BCUT2D eigenvalue weighted by molar-refractivity contribution is -0.186. The van der Waals surface area contributed by atoms with E-state index >= 15 is 0 Å². The molecule has 0 rings (SSSR count). The lowest BCUT2D eigenvalue weighted by Gasteiger charge is -2.37. The minimum atomic E-state index is -0.165. The molecular formula is C12H25NOS. The fourth-order valence-electron chi connectivity index (χ4n) is 1.76. The zero-order chi connectivity index (χ0) is 12.1. The Morgan fingerprint density at radius 1 is 1.33 bits per heavy atom. The number of hydrogen-bond donors (Lipinski definition) is 1. The van der Waals surface area contributed by atoms with Crippen molar-refractivity contribution in [1.82, 2.24) is 5.06 Å². The van der Waals surface area contributed by atoms with E-state index in [2.05, 4.69) is 26.2 Å². The minimum Gasteiger partial charge on any atom is -0.313 e. The van der Waals surface area contributed by atoms with E-state index in [1.165, 1.54) is 5.06 Å². The van der Waals surface area contributed by atoms with E-state index in [-0.39, 0.29) is 11.6 Å². The molecule has 0 amide bonds. The van der Waals surface area contributed by atoms with Gasteiger partial charge in [0.25, 0.3) is 0 Å². The van der Waals surface area contributed by atoms with Crippen LogP contribution in [0, 0.1) is 0 Å². The highest BCUT2D eigenvalue weighted by atomic mass is 32.2. The summed E-state index contributed by atoms with van der Waals surface area (Å²) in [6, 6.07) is 0.166. The van der Waals surface area contributed by atoms with E-state index in [1.54, 1.807) is 0 Å². The van der Waals surface area contributed by atoms with Crippen LogP contribution in [0.1, 0.15) is 48.0 Å². The van der Waals surface area contributed by atoms with Crippen LogP contribution in [0.5, 0.6) is 0 Å². The van der Waals surface area contributed by atoms with Gasteiger partial charge < -0.3 is 5.21 Å². The van der Waals surface area contributed by atoms with Gasteiger partial charge in [0, 0.05) is 16.8 Å². The predicted octanol–water partition coefficient (Wildman–Crippen LogP) is 3.91. The van der Waals surface area contributed by atoms with Crippen LogP contribution in [0.4, 0.5) is 0 Å². The van der Waals surface area contributed by atoms with Gasteiger partial charge in [-0.1, -0.05) is 13.0 Å². The zero-order valence-corrected chi connectivity index (χ0v) is 11.6. The van der Waals surface area contributed by atoms with Crippen molar-refractivity contribution < 1.29 is 5.21 Å². The van der Waals surface area contributed by atoms with Gasteiger partial charge >= 0.3 is 0 Å². The molecule has 0 aromatic rings. The van der Waals surface area contributed by atoms with E-state index in [1.807, 2.05) is 38.6 Å². The molecule has 0 heterocycles. The monoisotopic (exact) mass is 231 g/mol. The van der Waals surface area contributed by atoms with Crippen LogP contribution in [-0.2, 0) is 0 Å². The summed E-state index contributed by atoms with van der Waals surface area (Å²) < 4.78 is 0. The fourth-order valence-corrected chi connectivity index (χ4v) is 2.69. The molecule has 0 aromatic heterocycles. The van der Waals surface area contributed by atoms with Crippen LogP contribution < -0.4 is 0 Å². The quantitative estimate of drug-likeness (QED) is 0.701. The molecule has 0 saturated heterocycles. The molecule has 0 aromatic carbocycles. The standard InChI is InChI=1S/C12H25NOS/c1-7-8-15-11(4)9-12(5,6)13(14)10(2)3/h7-8,10-11,14H,9H2,1-6H3. The number of allylic oxidation sites excluding steroid dienone is 1. The van der Waals surface area contributed by atoms with Gasteiger partial charge in [0.1, 0.15) is 0 Å². The van der Waals surface area contributed by atoms with Gasteiger partial charge in [-0.25, -0.2) is 0 Å². The van der Waals surface area contributed by atoms with Gasteiger partial charge in [0.2, 0.25) is 0 Å². The van der Waals surface area contributed by atoms with Crippen molar-refractivity contribution in [1.29, 1.82) is 0 Å². The normalized spacial score (nSPS) is 15.5. The maximum Gasteiger partial charge on any atom is 0.0417 e. The maximum atomic E-state index is 9.93. The van der Waals surface area contributed by atoms with Crippen molar-refractivity contribution in [3.05, 3.63) is 11.5 Å². The molecule has 1 N–H and O–H groups in total. The highest BCUT2D eigenvalue weighted by molar-refractivity contribution is 8.02. The Hall–Kier alpha value is 0.01000. The molecule has 1 atom stereocenters. The molecule has 0 fully saturated rings. The summed E-state index contributed by atoms with van der Waals surface area (Å²) in [6.07, 6.45) is 3.02. The molecule has 0 aliphatic carbocycles. The van der Waals surface area contributed by atoms with Crippen molar-refractivity contribution in [2.24, 2.45) is 0 Å². The van der Waals surface area contributed by atoms with Crippen LogP contribution >= 0.6 is 11.8 Å². The fraction of sp³-hybridized carbons (Fsp3) is 0.833. The van der Waals surface area contributed by atoms with Gasteiger partial charge in [0.05, 0.1) is 0 Å². The van der Waals surface area contributed by atoms with Crippen LogP contribution in [0.2, 0.25) is 0 Å². The maximum absolute atomic E-state index is 9.93. The Labute approximate surface area is 98.7 Å². The lowest BCUT2D eigenvalue weighted by Crippen LogP contribution is -2.46. The second kappa shape index (κ2) is 6.56. The Morgan fingerprint density at radius 3 is 2.27 bits per heavy atom. The highest BCUT2D eigenvalue weighted by Crippen LogP contribution is 2.27. The largest absolute Gasteiger partial charge is 0.313 e. The third-order valence-electron chi connectivity index (χ3n) is 2.34. The molecule has 0 aliphatic rings. The summed E-state index contributed by atoms with van der Waals surface area (Å²) in [6.45, 7) is 12.4. The van der Waals surface area contributed by atoms with E-state index in [0.717, 1.165) is 6.42 Å². The SMILES string of the molecule is CC=CSC(C)CC(C)(C)N(O)C(C)C. The van der Waals surface area contributed by atoms with Crippen molar-refractivity contribution in [2.45, 2.75) is 64.8 Å².